The van der Waals surface area contributed by atoms with Crippen LogP contribution in [0.4, 0.5) is 0 Å². The third-order valence-electron chi connectivity index (χ3n) is 5.07. The number of sulfone groups is 1. The monoisotopic (exact) mass is 405 g/mol. The van der Waals surface area contributed by atoms with Crippen molar-refractivity contribution in [1.82, 2.24) is 4.57 Å². The van der Waals surface area contributed by atoms with Crippen molar-refractivity contribution in [3.8, 4) is 5.75 Å². The van der Waals surface area contributed by atoms with E-state index in [1.807, 2.05) is 11.5 Å². The summed E-state index contributed by atoms with van der Waals surface area (Å²) in [6.45, 7) is 4.91. The number of aryl methyl sites for hydroxylation is 2. The average Bonchev–Trinajstić information content (AvgIpc) is 3.10. The topological polar surface area (TPSA) is 103 Å². The second-order valence-corrected chi connectivity index (χ2v) is 9.46. The predicted octanol–water partition coefficient (Wildman–Crippen LogP) is 2.52. The van der Waals surface area contributed by atoms with Gasteiger partial charge in [0.15, 0.2) is 16.4 Å². The number of carbonyl (C=O) groups is 2. The molecular weight excluding hydrogens is 382 g/mol. The van der Waals surface area contributed by atoms with Crippen molar-refractivity contribution in [3.63, 3.8) is 0 Å². The summed E-state index contributed by atoms with van der Waals surface area (Å²) in [4.78, 5) is 24.7. The van der Waals surface area contributed by atoms with Gasteiger partial charge in [-0.2, -0.15) is 0 Å². The number of nitrogens with zero attached hydrogens (tertiary/aromatic N) is 1. The standard InChI is InChI=1S/C20H23NO6S/c1-12-4-5-16(18(22)8-12)20(24)27-10-19(23)17-9-13(2)21(14(17)3)15-6-7-28(25,26)11-15/h4-5,8-9,15,22H,6-7,10-11H2,1-3H3/t15-/m0/s1. The van der Waals surface area contributed by atoms with Gasteiger partial charge in [-0.1, -0.05) is 6.07 Å². The van der Waals surface area contributed by atoms with Gasteiger partial charge in [-0.3, -0.25) is 4.79 Å². The van der Waals surface area contributed by atoms with Gasteiger partial charge in [-0.05, 0) is 51.0 Å². The first-order valence-electron chi connectivity index (χ1n) is 8.98. The number of benzene rings is 1. The molecule has 1 aromatic carbocycles. The lowest BCUT2D eigenvalue weighted by atomic mass is 10.1. The molecule has 1 aliphatic rings. The molecule has 1 N–H and O–H groups in total. The fourth-order valence-corrected chi connectivity index (χ4v) is 5.40. The molecule has 0 bridgehead atoms. The van der Waals surface area contributed by atoms with Gasteiger partial charge in [-0.25, -0.2) is 13.2 Å². The molecule has 7 nitrogen and oxygen atoms in total. The summed E-state index contributed by atoms with van der Waals surface area (Å²) in [6, 6.07) is 6.07. The lowest BCUT2D eigenvalue weighted by molar-refractivity contribution is 0.0471. The fraction of sp³-hybridized carbons (Fsp3) is 0.400. The minimum absolute atomic E-state index is 0.0000323. The second kappa shape index (κ2) is 7.43. The highest BCUT2D eigenvalue weighted by atomic mass is 32.2. The van der Waals surface area contributed by atoms with Crippen LogP contribution in [0.25, 0.3) is 0 Å². The number of hydrogen-bond acceptors (Lipinski definition) is 6. The van der Waals surface area contributed by atoms with E-state index in [9.17, 15) is 23.1 Å². The van der Waals surface area contributed by atoms with Crippen molar-refractivity contribution in [3.05, 3.63) is 52.3 Å². The molecule has 1 saturated heterocycles. The minimum Gasteiger partial charge on any atom is -0.507 e. The molecule has 8 heteroatoms. The number of esters is 1. The maximum atomic E-state index is 12.6. The van der Waals surface area contributed by atoms with Gasteiger partial charge in [-0.15, -0.1) is 0 Å². The first-order valence-corrected chi connectivity index (χ1v) is 10.8. The predicted molar refractivity (Wildman–Crippen MR) is 104 cm³/mol. The molecule has 1 fully saturated rings. The Hall–Kier alpha value is -2.61. The molecule has 0 saturated carbocycles. The zero-order chi connectivity index (χ0) is 20.6. The van der Waals surface area contributed by atoms with Crippen LogP contribution in [0, 0.1) is 20.8 Å². The maximum Gasteiger partial charge on any atom is 0.342 e. The summed E-state index contributed by atoms with van der Waals surface area (Å²) in [5, 5.41) is 9.85. The van der Waals surface area contributed by atoms with Crippen molar-refractivity contribution in [2.45, 2.75) is 33.2 Å². The van der Waals surface area contributed by atoms with E-state index < -0.39 is 22.4 Å². The number of carbonyl (C=O) groups excluding carboxylic acids is 2. The lowest BCUT2D eigenvalue weighted by Crippen LogP contribution is -2.17. The molecule has 1 aromatic heterocycles. The smallest absolute Gasteiger partial charge is 0.342 e. The summed E-state index contributed by atoms with van der Waals surface area (Å²) in [7, 11) is -3.05. The van der Waals surface area contributed by atoms with E-state index in [-0.39, 0.29) is 34.6 Å². The Morgan fingerprint density at radius 1 is 1.18 bits per heavy atom. The summed E-state index contributed by atoms with van der Waals surface area (Å²) >= 11 is 0. The van der Waals surface area contributed by atoms with Crippen LogP contribution >= 0.6 is 0 Å². The second-order valence-electron chi connectivity index (χ2n) is 7.23. The Kier molecular flexibility index (Phi) is 5.34. The van der Waals surface area contributed by atoms with Crippen molar-refractivity contribution >= 4 is 21.6 Å². The number of ketones is 1. The van der Waals surface area contributed by atoms with Gasteiger partial charge in [0.05, 0.1) is 11.5 Å². The number of rotatable bonds is 5. The highest BCUT2D eigenvalue weighted by Crippen LogP contribution is 2.29. The Bertz CT molecular complexity index is 1050. The number of hydrogen-bond donors (Lipinski definition) is 1. The number of aromatic nitrogens is 1. The van der Waals surface area contributed by atoms with Crippen LogP contribution in [-0.2, 0) is 14.6 Å². The van der Waals surface area contributed by atoms with Crippen LogP contribution < -0.4 is 0 Å². The van der Waals surface area contributed by atoms with Crippen molar-refractivity contribution < 1.29 is 27.9 Å². The van der Waals surface area contributed by atoms with Gasteiger partial charge in [0.25, 0.3) is 0 Å². The van der Waals surface area contributed by atoms with Gasteiger partial charge in [0.2, 0.25) is 5.78 Å². The Labute approximate surface area is 163 Å². The normalized spacial score (nSPS) is 18.2. The molecule has 28 heavy (non-hydrogen) atoms. The zero-order valence-corrected chi connectivity index (χ0v) is 16.9. The average molecular weight is 405 g/mol. The Morgan fingerprint density at radius 2 is 1.89 bits per heavy atom. The highest BCUT2D eigenvalue weighted by molar-refractivity contribution is 7.91. The summed E-state index contributed by atoms with van der Waals surface area (Å²) < 4.78 is 30.5. The molecule has 0 unspecified atom stereocenters. The SMILES string of the molecule is Cc1ccc(C(=O)OCC(=O)c2cc(C)n([C@H]3CCS(=O)(=O)C3)c2C)c(O)c1. The molecule has 0 spiro atoms. The molecule has 2 heterocycles. The molecule has 1 atom stereocenters. The van der Waals surface area contributed by atoms with Crippen molar-refractivity contribution in [2.75, 3.05) is 18.1 Å². The van der Waals surface area contributed by atoms with Crippen LogP contribution in [0.3, 0.4) is 0 Å². The van der Waals surface area contributed by atoms with Gasteiger partial charge in [0.1, 0.15) is 11.3 Å². The zero-order valence-electron chi connectivity index (χ0n) is 16.1. The molecule has 1 aliphatic heterocycles. The molecule has 2 aromatic rings. The Balaban J connectivity index is 1.73. The molecular formula is C20H23NO6S. The summed E-state index contributed by atoms with van der Waals surface area (Å²) in [6.07, 6.45) is 0.522. The number of phenols is 1. The minimum atomic E-state index is -3.05. The number of ether oxygens (including phenoxy) is 1. The van der Waals surface area contributed by atoms with Crippen LogP contribution in [0.5, 0.6) is 5.75 Å². The van der Waals surface area contributed by atoms with E-state index >= 15 is 0 Å². The summed E-state index contributed by atoms with van der Waals surface area (Å²) in [5.41, 5.74) is 2.67. The van der Waals surface area contributed by atoms with E-state index in [1.54, 1.807) is 26.0 Å². The third-order valence-corrected chi connectivity index (χ3v) is 6.82. The Morgan fingerprint density at radius 3 is 2.50 bits per heavy atom. The van der Waals surface area contributed by atoms with E-state index in [4.69, 9.17) is 4.74 Å². The maximum absolute atomic E-state index is 12.6. The number of Topliss-reactive ketones (excluding diaryl/α,β-unsaturated/α-hetero) is 1. The van der Waals surface area contributed by atoms with E-state index in [2.05, 4.69) is 0 Å². The van der Waals surface area contributed by atoms with Crippen LogP contribution in [0.15, 0.2) is 24.3 Å². The number of aromatic hydroxyl groups is 1. The largest absolute Gasteiger partial charge is 0.507 e. The number of phenolic OH excluding ortho intramolecular Hbond substituents is 1. The molecule has 0 amide bonds. The van der Waals surface area contributed by atoms with Gasteiger partial charge in [0, 0.05) is 23.0 Å². The fourth-order valence-electron chi connectivity index (χ4n) is 3.70. The van der Waals surface area contributed by atoms with Gasteiger partial charge < -0.3 is 14.4 Å². The van der Waals surface area contributed by atoms with Crippen molar-refractivity contribution in [2.24, 2.45) is 0 Å². The van der Waals surface area contributed by atoms with Crippen molar-refractivity contribution in [1.29, 1.82) is 0 Å². The first-order chi connectivity index (χ1) is 13.1. The highest BCUT2D eigenvalue weighted by Gasteiger charge is 2.31. The summed E-state index contributed by atoms with van der Waals surface area (Å²) in [5.74, 6) is -1.13. The van der Waals surface area contributed by atoms with E-state index in [0.29, 0.717) is 17.7 Å². The molecule has 150 valence electrons. The van der Waals surface area contributed by atoms with E-state index in [0.717, 1.165) is 11.3 Å². The molecule has 0 radical (unpaired) electrons. The van der Waals surface area contributed by atoms with Crippen LogP contribution in [0.2, 0.25) is 0 Å². The lowest BCUT2D eigenvalue weighted by Gasteiger charge is -2.16. The molecule has 0 aliphatic carbocycles. The first kappa shape index (κ1) is 20.1. The third kappa shape index (κ3) is 3.96. The molecule has 3 rings (SSSR count). The quantitative estimate of drug-likeness (QED) is 0.606. The van der Waals surface area contributed by atoms with E-state index in [1.165, 1.54) is 12.1 Å². The van der Waals surface area contributed by atoms with Crippen LogP contribution in [-0.4, -0.2) is 48.0 Å². The van der Waals surface area contributed by atoms with Gasteiger partial charge >= 0.3 is 5.97 Å². The van der Waals surface area contributed by atoms with Crippen LogP contribution in [0.1, 0.15) is 50.1 Å².